The maximum atomic E-state index is 12.4. The van der Waals surface area contributed by atoms with Gasteiger partial charge in [-0.15, -0.1) is 0 Å². The minimum atomic E-state index is -0.127. The Bertz CT molecular complexity index is 1190. The van der Waals surface area contributed by atoms with Gasteiger partial charge in [-0.25, -0.2) is 0 Å². The molecule has 0 fully saturated rings. The van der Waals surface area contributed by atoms with Crippen molar-refractivity contribution >= 4 is 23.6 Å². The Balaban J connectivity index is 1.77. The molecule has 0 radical (unpaired) electrons. The fourth-order valence-electron chi connectivity index (χ4n) is 3.39. The van der Waals surface area contributed by atoms with Gasteiger partial charge in [0.15, 0.2) is 17.3 Å². The van der Waals surface area contributed by atoms with Crippen LogP contribution in [0.15, 0.2) is 66.9 Å². The summed E-state index contributed by atoms with van der Waals surface area (Å²) in [4.78, 5) is 12.4. The lowest BCUT2D eigenvalue weighted by molar-refractivity contribution is 0.104. The van der Waals surface area contributed by atoms with Crippen LogP contribution in [-0.2, 0) is 0 Å². The first-order chi connectivity index (χ1) is 17.0. The molecule has 0 bridgehead atoms. The van der Waals surface area contributed by atoms with E-state index in [1.54, 1.807) is 66.0 Å². The zero-order chi connectivity index (χ0) is 25.2. The van der Waals surface area contributed by atoms with Gasteiger partial charge < -0.3 is 29.0 Å². The second kappa shape index (κ2) is 12.2. The van der Waals surface area contributed by atoms with Crippen LogP contribution in [0, 0.1) is 0 Å². The van der Waals surface area contributed by atoms with Crippen molar-refractivity contribution in [1.82, 2.24) is 0 Å². The van der Waals surface area contributed by atoms with Gasteiger partial charge in [0.2, 0.25) is 5.75 Å². The van der Waals surface area contributed by atoms with Gasteiger partial charge >= 0.3 is 0 Å². The van der Waals surface area contributed by atoms with Crippen LogP contribution >= 0.6 is 0 Å². The van der Waals surface area contributed by atoms with Crippen LogP contribution in [0.25, 0.3) is 12.2 Å². The highest BCUT2D eigenvalue weighted by atomic mass is 16.5. The van der Waals surface area contributed by atoms with E-state index in [4.69, 9.17) is 23.7 Å². The van der Waals surface area contributed by atoms with Crippen LogP contribution in [0.2, 0.25) is 0 Å². The summed E-state index contributed by atoms with van der Waals surface area (Å²) in [6.45, 7) is 0. The lowest BCUT2D eigenvalue weighted by Crippen LogP contribution is -1.98. The molecule has 0 aliphatic rings. The number of rotatable bonds is 11. The molecule has 182 valence electrons. The van der Waals surface area contributed by atoms with Gasteiger partial charge in [0.25, 0.3) is 0 Å². The van der Waals surface area contributed by atoms with Crippen LogP contribution in [-0.4, -0.2) is 41.3 Å². The summed E-state index contributed by atoms with van der Waals surface area (Å²) in [5, 5.41) is 3.14. The van der Waals surface area contributed by atoms with E-state index >= 15 is 0 Å². The van der Waals surface area contributed by atoms with Gasteiger partial charge in [-0.05, 0) is 59.7 Å². The Morgan fingerprint density at radius 3 is 1.89 bits per heavy atom. The van der Waals surface area contributed by atoms with Crippen molar-refractivity contribution in [2.75, 3.05) is 40.9 Å². The molecular weight excluding hydrogens is 446 g/mol. The van der Waals surface area contributed by atoms with Gasteiger partial charge in [0.1, 0.15) is 11.5 Å². The SMILES string of the molecule is COc1ccc(C(=O)/C=C\Nc2cc(/C=C\c3cc(OC)c(OC)c(OC)c3)ccc2OC)cc1. The highest BCUT2D eigenvalue weighted by molar-refractivity contribution is 6.04. The number of nitrogens with one attached hydrogen (secondary N) is 1. The monoisotopic (exact) mass is 475 g/mol. The van der Waals surface area contributed by atoms with Crippen LogP contribution < -0.4 is 29.0 Å². The molecule has 3 rings (SSSR count). The summed E-state index contributed by atoms with van der Waals surface area (Å²) in [6, 6.07) is 16.4. The van der Waals surface area contributed by atoms with Crippen LogP contribution in [0.1, 0.15) is 21.5 Å². The average Bonchev–Trinajstić information content (AvgIpc) is 2.91. The van der Waals surface area contributed by atoms with Crippen molar-refractivity contribution in [3.63, 3.8) is 0 Å². The molecule has 3 aromatic carbocycles. The molecule has 0 saturated carbocycles. The highest BCUT2D eigenvalue weighted by Crippen LogP contribution is 2.38. The zero-order valence-corrected chi connectivity index (χ0v) is 20.5. The van der Waals surface area contributed by atoms with Gasteiger partial charge in [-0.1, -0.05) is 18.2 Å². The highest BCUT2D eigenvalue weighted by Gasteiger charge is 2.12. The van der Waals surface area contributed by atoms with E-state index in [0.29, 0.717) is 34.3 Å². The summed E-state index contributed by atoms with van der Waals surface area (Å²) in [5.41, 5.74) is 3.10. The molecule has 0 unspecified atom stereocenters. The molecule has 0 saturated heterocycles. The molecule has 0 heterocycles. The predicted octanol–water partition coefficient (Wildman–Crippen LogP) is 5.71. The molecule has 0 aliphatic carbocycles. The standard InChI is InChI=1S/C28H29NO6/c1-31-22-11-9-21(10-12-22)24(30)14-15-29-23-16-19(8-13-25(23)32-2)6-7-20-17-26(33-3)28(35-5)27(18-20)34-4/h6-18,29H,1-5H3/b7-6-,15-14-. The van der Waals surface area contributed by atoms with Crippen molar-refractivity contribution in [1.29, 1.82) is 0 Å². The number of methoxy groups -OCH3 is 5. The minimum absolute atomic E-state index is 0.127. The fraction of sp³-hybridized carbons (Fsp3) is 0.179. The van der Waals surface area contributed by atoms with Gasteiger partial charge in [0.05, 0.1) is 41.2 Å². The smallest absolute Gasteiger partial charge is 0.203 e. The molecule has 0 aliphatic heterocycles. The lowest BCUT2D eigenvalue weighted by atomic mass is 10.1. The quantitative estimate of drug-likeness (QED) is 0.216. The maximum absolute atomic E-state index is 12.4. The minimum Gasteiger partial charge on any atom is -0.497 e. The van der Waals surface area contributed by atoms with E-state index < -0.39 is 0 Å². The van der Waals surface area contributed by atoms with E-state index in [1.807, 2.05) is 42.5 Å². The van der Waals surface area contributed by atoms with Crippen molar-refractivity contribution < 1.29 is 28.5 Å². The molecule has 0 aromatic heterocycles. The number of hydrogen-bond donors (Lipinski definition) is 1. The van der Waals surface area contributed by atoms with Gasteiger partial charge in [-0.3, -0.25) is 4.79 Å². The number of carbonyl (C=O) groups is 1. The molecule has 0 amide bonds. The molecule has 35 heavy (non-hydrogen) atoms. The largest absolute Gasteiger partial charge is 0.497 e. The Morgan fingerprint density at radius 2 is 1.31 bits per heavy atom. The van der Waals surface area contributed by atoms with Gasteiger partial charge in [-0.2, -0.15) is 0 Å². The molecule has 7 nitrogen and oxygen atoms in total. The van der Waals surface area contributed by atoms with E-state index in [9.17, 15) is 4.79 Å². The first-order valence-electron chi connectivity index (χ1n) is 10.8. The van der Waals surface area contributed by atoms with E-state index in [2.05, 4.69) is 5.32 Å². The number of allylic oxidation sites excluding steroid dienone is 1. The molecule has 7 heteroatoms. The first-order valence-corrected chi connectivity index (χ1v) is 10.8. The molecule has 0 spiro atoms. The average molecular weight is 476 g/mol. The zero-order valence-electron chi connectivity index (χ0n) is 20.5. The summed E-state index contributed by atoms with van der Waals surface area (Å²) in [5.74, 6) is 2.92. The molecule has 1 N–H and O–H groups in total. The van der Waals surface area contributed by atoms with Gasteiger partial charge in [0, 0.05) is 17.8 Å². The van der Waals surface area contributed by atoms with Crippen molar-refractivity contribution in [3.8, 4) is 28.7 Å². The Morgan fingerprint density at radius 1 is 0.686 bits per heavy atom. The molecule has 0 atom stereocenters. The number of ketones is 1. The number of hydrogen-bond acceptors (Lipinski definition) is 7. The number of benzene rings is 3. The Hall–Kier alpha value is -4.39. The van der Waals surface area contributed by atoms with Crippen LogP contribution in [0.3, 0.4) is 0 Å². The lowest BCUT2D eigenvalue weighted by Gasteiger charge is -2.13. The predicted molar refractivity (Wildman–Crippen MR) is 138 cm³/mol. The first kappa shape index (κ1) is 25.2. The van der Waals surface area contributed by atoms with Crippen LogP contribution in [0.5, 0.6) is 28.7 Å². The van der Waals surface area contributed by atoms with Crippen molar-refractivity contribution in [2.24, 2.45) is 0 Å². The third kappa shape index (κ3) is 6.35. The van der Waals surface area contributed by atoms with Crippen molar-refractivity contribution in [3.05, 3.63) is 83.6 Å². The van der Waals surface area contributed by atoms with Crippen LogP contribution in [0.4, 0.5) is 5.69 Å². The summed E-state index contributed by atoms with van der Waals surface area (Å²) < 4.78 is 26.8. The number of carbonyl (C=O) groups excluding carboxylic acids is 1. The Labute approximate surface area is 205 Å². The summed E-state index contributed by atoms with van der Waals surface area (Å²) in [7, 11) is 7.92. The summed E-state index contributed by atoms with van der Waals surface area (Å²) in [6.07, 6.45) is 6.97. The fourth-order valence-corrected chi connectivity index (χ4v) is 3.39. The third-order valence-electron chi connectivity index (χ3n) is 5.23. The second-order valence-electron chi connectivity index (χ2n) is 7.32. The molecular formula is C28H29NO6. The second-order valence-corrected chi connectivity index (χ2v) is 7.32. The molecule has 3 aromatic rings. The topological polar surface area (TPSA) is 75.3 Å². The van der Waals surface area contributed by atoms with E-state index in [-0.39, 0.29) is 5.78 Å². The number of ether oxygens (including phenoxy) is 5. The normalized spacial score (nSPS) is 10.9. The number of anilines is 1. The van der Waals surface area contributed by atoms with E-state index in [1.165, 1.54) is 6.08 Å². The van der Waals surface area contributed by atoms with Crippen molar-refractivity contribution in [2.45, 2.75) is 0 Å². The third-order valence-corrected chi connectivity index (χ3v) is 5.23. The van der Waals surface area contributed by atoms with E-state index in [0.717, 1.165) is 16.8 Å². The maximum Gasteiger partial charge on any atom is 0.203 e. The summed E-state index contributed by atoms with van der Waals surface area (Å²) >= 11 is 0. The Kier molecular flexibility index (Phi) is 8.78.